The maximum absolute atomic E-state index is 12.6. The summed E-state index contributed by atoms with van der Waals surface area (Å²) in [7, 11) is -7.39. The quantitative estimate of drug-likeness (QED) is 0.120. The largest absolute Gasteiger partial charge is 0.484 e. The van der Waals surface area contributed by atoms with Gasteiger partial charge < -0.3 is 29.7 Å². The first kappa shape index (κ1) is 47.5. The number of alkyl carbamates (subject to hydrolysis) is 1. The zero-order valence-electron chi connectivity index (χ0n) is 31.1. The molecule has 5 N–H and O–H groups in total. The van der Waals surface area contributed by atoms with Crippen molar-refractivity contribution < 1.29 is 60.4 Å². The average molecular weight is 939 g/mol. The Kier molecular flexibility index (Phi) is 18.5. The normalized spacial score (nSPS) is 15.4. The Hall–Kier alpha value is -4.16. The Balaban J connectivity index is 0.000000340. The van der Waals surface area contributed by atoms with Crippen LogP contribution < -0.4 is 24.2 Å². The first-order chi connectivity index (χ1) is 28.0. The van der Waals surface area contributed by atoms with Gasteiger partial charge in [-0.25, -0.2) is 9.59 Å². The lowest BCUT2D eigenvalue weighted by Gasteiger charge is -2.26. The number of halogens is 2. The smallest absolute Gasteiger partial charge is 0.408 e. The van der Waals surface area contributed by atoms with Gasteiger partial charge in [0, 0.05) is 49.2 Å². The second kappa shape index (κ2) is 23.0. The van der Waals surface area contributed by atoms with E-state index in [1.165, 1.54) is 45.0 Å². The third-order valence-corrected chi connectivity index (χ3v) is 13.5. The highest BCUT2D eigenvalue weighted by molar-refractivity contribution is 7.99. The summed E-state index contributed by atoms with van der Waals surface area (Å²) in [5, 5.41) is 19.5. The van der Waals surface area contributed by atoms with Crippen molar-refractivity contribution in [2.75, 3.05) is 71.8 Å². The number of ketones is 1. The molecule has 0 bridgehead atoms. The highest BCUT2D eigenvalue weighted by Crippen LogP contribution is 2.30. The molecule has 0 saturated carbocycles. The summed E-state index contributed by atoms with van der Waals surface area (Å²) < 4.78 is 73.7. The summed E-state index contributed by atoms with van der Waals surface area (Å²) in [4.78, 5) is 44.8. The van der Waals surface area contributed by atoms with Crippen LogP contribution >= 0.6 is 46.7 Å². The van der Waals surface area contributed by atoms with Gasteiger partial charge in [0.15, 0.2) is 13.2 Å². The van der Waals surface area contributed by atoms with Crippen molar-refractivity contribution in [2.24, 2.45) is 0 Å². The molecule has 0 aliphatic carbocycles. The van der Waals surface area contributed by atoms with Gasteiger partial charge in [0.2, 0.25) is 5.78 Å². The number of carboxylic acids is 2. The van der Waals surface area contributed by atoms with E-state index in [4.69, 9.17) is 47.6 Å². The van der Waals surface area contributed by atoms with Crippen molar-refractivity contribution in [3.63, 3.8) is 0 Å². The number of carboxylic acid groups (broad SMARTS) is 2. The standard InChI is InChI=1S/C23H28Cl2N4O7S4.C12H13NO6/c24-20-13-17(26-39(31,32)28-5-9-37-10-6-28)1-3-22(20)35-15-19(30)16-36-23-4-2-18(14-21(23)25)27-40(33,34)29-7-11-38-12-8-29;14-10(15)6-9(11(16)17)13-12(18)19-7-8-4-2-1-3-5-8/h1-4,13-14,26-27H,5-12,15-16H2;1-5,9H,6-7H2,(H,13,18)(H,14,15)(H,16,17)/t;9-/m.0/s1. The third kappa shape index (κ3) is 16.1. The van der Waals surface area contributed by atoms with E-state index >= 15 is 0 Å². The number of nitrogens with zero attached hydrogens (tertiary/aromatic N) is 2. The summed E-state index contributed by atoms with van der Waals surface area (Å²) in [6.45, 7) is 1.03. The Morgan fingerprint density at radius 2 is 1.17 bits per heavy atom. The number of amides is 1. The molecule has 24 heteroatoms. The topological polar surface area (TPSA) is 247 Å². The molecule has 0 radical (unpaired) electrons. The molecular weight excluding hydrogens is 898 g/mol. The minimum Gasteiger partial charge on any atom is -0.484 e. The van der Waals surface area contributed by atoms with Crippen molar-refractivity contribution in [3.05, 3.63) is 82.3 Å². The van der Waals surface area contributed by atoms with Crippen molar-refractivity contribution in [3.8, 4) is 11.5 Å². The van der Waals surface area contributed by atoms with E-state index in [9.17, 15) is 36.0 Å². The molecule has 3 aromatic rings. The van der Waals surface area contributed by atoms with Crippen LogP contribution in [0.15, 0.2) is 66.7 Å². The van der Waals surface area contributed by atoms with Crippen LogP contribution in [0.1, 0.15) is 12.0 Å². The number of ether oxygens (including phenoxy) is 3. The van der Waals surface area contributed by atoms with Gasteiger partial charge in [0.25, 0.3) is 0 Å². The van der Waals surface area contributed by atoms with Gasteiger partial charge >= 0.3 is 38.5 Å². The molecule has 59 heavy (non-hydrogen) atoms. The first-order valence-corrected chi connectivity index (χ1v) is 23.5. The molecule has 18 nitrogen and oxygen atoms in total. The second-order valence-corrected chi connectivity index (χ2v) is 18.9. The van der Waals surface area contributed by atoms with E-state index in [-0.39, 0.29) is 52.7 Å². The van der Waals surface area contributed by atoms with Crippen LogP contribution in [0, 0.1) is 0 Å². The summed E-state index contributed by atoms with van der Waals surface area (Å²) >= 11 is 15.9. The number of benzene rings is 3. The van der Waals surface area contributed by atoms with Gasteiger partial charge in [-0.1, -0.05) is 53.5 Å². The fourth-order valence-electron chi connectivity index (χ4n) is 5.00. The fourth-order valence-corrected chi connectivity index (χ4v) is 10.2. The lowest BCUT2D eigenvalue weighted by atomic mass is 10.2. The van der Waals surface area contributed by atoms with Crippen LogP contribution in [-0.4, -0.2) is 128 Å². The Labute approximate surface area is 359 Å². The highest BCUT2D eigenvalue weighted by atomic mass is 35.5. The van der Waals surface area contributed by atoms with Gasteiger partial charge in [-0.15, -0.1) is 0 Å². The molecule has 2 aliphatic heterocycles. The van der Waals surface area contributed by atoms with Gasteiger partial charge in [0.05, 0.1) is 27.8 Å². The van der Waals surface area contributed by atoms with Crippen LogP contribution in [-0.2, 0) is 46.1 Å². The summed E-state index contributed by atoms with van der Waals surface area (Å²) in [6, 6.07) is 16.1. The lowest BCUT2D eigenvalue weighted by Crippen LogP contribution is -2.42. The number of Topliss-reactive ketones (excluding diaryl/α,β-unsaturated/α-hetero) is 1. The minimum absolute atomic E-state index is 0.0217. The molecule has 2 heterocycles. The number of carbonyl (C=O) groups is 4. The average Bonchev–Trinajstić information content (AvgIpc) is 3.20. The SMILES string of the molecule is O=C(COc1ccc(NS(=O)(=O)N2CCSCC2)cc1Cl)COc1ccc(NS(=O)(=O)N2CCSCC2)cc1Cl.O=C(O)C[C@H](NC(=O)OCc1ccccc1)C(=O)O. The predicted octanol–water partition coefficient (Wildman–Crippen LogP) is 4.27. The zero-order chi connectivity index (χ0) is 43.0. The number of thioether (sulfide) groups is 2. The summed E-state index contributed by atoms with van der Waals surface area (Å²) in [5.74, 6) is 0.200. The van der Waals surface area contributed by atoms with E-state index < -0.39 is 56.7 Å². The third-order valence-electron chi connectivity index (χ3n) is 7.94. The van der Waals surface area contributed by atoms with Gasteiger partial charge in [-0.05, 0) is 42.0 Å². The number of aliphatic carboxylic acids is 2. The van der Waals surface area contributed by atoms with Crippen molar-refractivity contribution >= 4 is 102 Å². The summed E-state index contributed by atoms with van der Waals surface area (Å²) in [5.41, 5.74) is 1.30. The van der Waals surface area contributed by atoms with Gasteiger partial charge in [0.1, 0.15) is 24.1 Å². The number of carbonyl (C=O) groups excluding carboxylic acids is 2. The van der Waals surface area contributed by atoms with Crippen molar-refractivity contribution in [1.82, 2.24) is 13.9 Å². The van der Waals surface area contributed by atoms with Crippen LogP contribution in [0.5, 0.6) is 11.5 Å². The van der Waals surface area contributed by atoms with E-state index in [1.54, 1.807) is 53.9 Å². The number of hydrogen-bond acceptors (Lipinski definition) is 13. The van der Waals surface area contributed by atoms with E-state index in [1.807, 2.05) is 5.32 Å². The molecule has 0 aromatic heterocycles. The Bertz CT molecular complexity index is 2040. The molecule has 2 aliphatic rings. The molecule has 0 spiro atoms. The monoisotopic (exact) mass is 937 g/mol. The molecule has 5 rings (SSSR count). The molecule has 322 valence electrons. The van der Waals surface area contributed by atoms with E-state index in [0.717, 1.165) is 28.6 Å². The van der Waals surface area contributed by atoms with E-state index in [2.05, 4.69) is 9.44 Å². The van der Waals surface area contributed by atoms with Gasteiger partial charge in [-0.2, -0.15) is 49.0 Å². The van der Waals surface area contributed by atoms with Crippen LogP contribution in [0.4, 0.5) is 16.2 Å². The molecule has 2 saturated heterocycles. The number of hydrogen-bond donors (Lipinski definition) is 5. The predicted molar refractivity (Wildman–Crippen MR) is 225 cm³/mol. The maximum atomic E-state index is 12.6. The van der Waals surface area contributed by atoms with Gasteiger partial charge in [-0.3, -0.25) is 19.0 Å². The van der Waals surface area contributed by atoms with Crippen molar-refractivity contribution in [2.45, 2.75) is 19.1 Å². The maximum Gasteiger partial charge on any atom is 0.408 e. The Morgan fingerprint density at radius 1 is 0.712 bits per heavy atom. The van der Waals surface area contributed by atoms with Crippen LogP contribution in [0.25, 0.3) is 0 Å². The highest BCUT2D eigenvalue weighted by Gasteiger charge is 2.26. The molecule has 0 unspecified atom stereocenters. The first-order valence-electron chi connectivity index (χ1n) is 17.5. The molecule has 3 aromatic carbocycles. The number of nitrogens with one attached hydrogen (secondary N) is 3. The Morgan fingerprint density at radius 3 is 1.58 bits per heavy atom. The fraction of sp³-hybridized carbons (Fsp3) is 0.371. The van der Waals surface area contributed by atoms with Crippen LogP contribution in [0.2, 0.25) is 10.0 Å². The second-order valence-electron chi connectivity index (χ2n) is 12.3. The number of rotatable bonds is 18. The molecule has 2 fully saturated rings. The van der Waals surface area contributed by atoms with E-state index in [0.29, 0.717) is 26.2 Å². The molecule has 1 atom stereocenters. The minimum atomic E-state index is -3.69. The molecule has 1 amide bonds. The summed E-state index contributed by atoms with van der Waals surface area (Å²) in [6.07, 6.45) is -1.69. The lowest BCUT2D eigenvalue weighted by molar-refractivity contribution is -0.145. The van der Waals surface area contributed by atoms with Crippen molar-refractivity contribution in [1.29, 1.82) is 0 Å². The zero-order valence-corrected chi connectivity index (χ0v) is 35.9. The molecular formula is C35H41Cl2N5O13S4. The number of anilines is 2. The van der Waals surface area contributed by atoms with Crippen LogP contribution in [0.3, 0.4) is 0 Å².